The minimum atomic E-state index is -0.727. The van der Waals surface area contributed by atoms with E-state index in [2.05, 4.69) is 5.32 Å². The van der Waals surface area contributed by atoms with E-state index in [1.165, 1.54) is 12.1 Å². The number of carbonyl (C=O) groups excluding carboxylic acids is 1. The van der Waals surface area contributed by atoms with Gasteiger partial charge in [-0.2, -0.15) is 0 Å². The normalized spacial score (nSPS) is 18.3. The molecule has 1 saturated heterocycles. The van der Waals surface area contributed by atoms with Gasteiger partial charge in [-0.1, -0.05) is 6.07 Å². The van der Waals surface area contributed by atoms with Crippen LogP contribution in [0.3, 0.4) is 0 Å². The Kier molecular flexibility index (Phi) is 5.59. The van der Waals surface area contributed by atoms with E-state index in [0.717, 1.165) is 0 Å². The van der Waals surface area contributed by atoms with Crippen LogP contribution in [0.15, 0.2) is 18.2 Å². The van der Waals surface area contributed by atoms with Gasteiger partial charge in [-0.3, -0.25) is 10.1 Å². The lowest BCUT2D eigenvalue weighted by molar-refractivity contribution is -0.384. The van der Waals surface area contributed by atoms with Gasteiger partial charge in [0.1, 0.15) is 5.60 Å². The summed E-state index contributed by atoms with van der Waals surface area (Å²) in [7, 11) is -0.727. The molecule has 1 aliphatic heterocycles. The molecular weight excluding hydrogens is 351 g/mol. The zero-order chi connectivity index (χ0) is 20.6. The van der Waals surface area contributed by atoms with Crippen molar-refractivity contribution < 1.29 is 23.8 Å². The summed E-state index contributed by atoms with van der Waals surface area (Å²) in [6, 6.07) is 4.57. The van der Waals surface area contributed by atoms with Crippen molar-refractivity contribution in [3.05, 3.63) is 33.9 Å². The minimum absolute atomic E-state index is 0.0864. The predicted molar refractivity (Wildman–Crippen MR) is 102 cm³/mol. The molecule has 2 rings (SSSR count). The summed E-state index contributed by atoms with van der Waals surface area (Å²) in [5.41, 5.74) is -0.749. The summed E-state index contributed by atoms with van der Waals surface area (Å²) in [5, 5.41) is 13.9. The third-order valence-electron chi connectivity index (χ3n) is 4.57. The van der Waals surface area contributed by atoms with Gasteiger partial charge in [0, 0.05) is 18.7 Å². The van der Waals surface area contributed by atoms with Crippen molar-refractivity contribution in [1.29, 1.82) is 0 Å². The molecule has 1 aromatic carbocycles. The number of nitro groups is 1. The standard InChI is InChI=1S/C18H27BN2O6/c1-16(2,3)25-15(22)20-11-12-8-13(10-14(9-12)21(23)24)19-26-17(4,5)18(6,7)27-19/h8-10H,11H2,1-7H3,(H,20,22). The Hall–Kier alpha value is -2.13. The van der Waals surface area contributed by atoms with E-state index in [4.69, 9.17) is 14.0 Å². The molecule has 0 saturated carbocycles. The Morgan fingerprint density at radius 2 is 1.74 bits per heavy atom. The van der Waals surface area contributed by atoms with Crippen molar-refractivity contribution >= 4 is 24.4 Å². The molecule has 8 nitrogen and oxygen atoms in total. The number of benzene rings is 1. The van der Waals surface area contributed by atoms with Gasteiger partial charge in [-0.15, -0.1) is 0 Å². The third-order valence-corrected chi connectivity index (χ3v) is 4.57. The predicted octanol–water partition coefficient (Wildman–Crippen LogP) is 2.92. The highest BCUT2D eigenvalue weighted by Crippen LogP contribution is 2.36. The fourth-order valence-electron chi connectivity index (χ4n) is 2.51. The van der Waals surface area contributed by atoms with E-state index in [1.807, 2.05) is 27.7 Å². The maximum atomic E-state index is 11.8. The molecule has 0 unspecified atom stereocenters. The number of hydrogen-bond donors (Lipinski definition) is 1. The average Bonchev–Trinajstić information content (AvgIpc) is 2.71. The lowest BCUT2D eigenvalue weighted by Crippen LogP contribution is -2.41. The largest absolute Gasteiger partial charge is 0.495 e. The minimum Gasteiger partial charge on any atom is -0.444 e. The van der Waals surface area contributed by atoms with E-state index in [0.29, 0.717) is 11.0 Å². The number of rotatable bonds is 4. The van der Waals surface area contributed by atoms with Crippen LogP contribution in [-0.2, 0) is 20.6 Å². The maximum Gasteiger partial charge on any atom is 0.495 e. The van der Waals surface area contributed by atoms with Crippen LogP contribution in [0.5, 0.6) is 0 Å². The SMILES string of the molecule is CC(C)(C)OC(=O)NCc1cc(B2OC(C)(C)C(C)(C)O2)cc([N+](=O)[O-])c1. The van der Waals surface area contributed by atoms with Crippen molar-refractivity contribution in [3.63, 3.8) is 0 Å². The molecule has 0 aliphatic carbocycles. The molecule has 27 heavy (non-hydrogen) atoms. The number of nitrogens with one attached hydrogen (secondary N) is 1. The summed E-state index contributed by atoms with van der Waals surface area (Å²) in [6.07, 6.45) is -0.591. The van der Waals surface area contributed by atoms with Crippen LogP contribution in [0.25, 0.3) is 0 Å². The first-order valence-corrected chi connectivity index (χ1v) is 8.81. The van der Waals surface area contributed by atoms with Gasteiger partial charge >= 0.3 is 13.2 Å². The number of hydrogen-bond acceptors (Lipinski definition) is 6. The molecule has 9 heteroatoms. The second-order valence-corrected chi connectivity index (χ2v) is 8.63. The number of carbonyl (C=O) groups is 1. The van der Waals surface area contributed by atoms with E-state index in [-0.39, 0.29) is 12.2 Å². The van der Waals surface area contributed by atoms with Crippen LogP contribution in [0.2, 0.25) is 0 Å². The van der Waals surface area contributed by atoms with Gasteiger partial charge in [0.25, 0.3) is 5.69 Å². The fraction of sp³-hybridized carbons (Fsp3) is 0.611. The van der Waals surface area contributed by atoms with Crippen molar-refractivity contribution in [2.75, 3.05) is 0 Å². The Morgan fingerprint density at radius 1 is 1.19 bits per heavy atom. The molecule has 0 radical (unpaired) electrons. The molecule has 1 aromatic rings. The Labute approximate surface area is 159 Å². The molecular formula is C18H27BN2O6. The van der Waals surface area contributed by atoms with Gasteiger partial charge in [0.05, 0.1) is 16.1 Å². The summed E-state index contributed by atoms with van der Waals surface area (Å²) in [4.78, 5) is 22.7. The monoisotopic (exact) mass is 378 g/mol. The first-order chi connectivity index (χ1) is 12.2. The molecule has 0 bridgehead atoms. The highest BCUT2D eigenvalue weighted by Gasteiger charge is 2.52. The zero-order valence-corrected chi connectivity index (χ0v) is 16.9. The van der Waals surface area contributed by atoms with E-state index < -0.39 is 34.9 Å². The number of ether oxygens (including phenoxy) is 1. The van der Waals surface area contributed by atoms with Crippen LogP contribution in [0, 0.1) is 10.1 Å². The number of nitrogens with zero attached hydrogens (tertiary/aromatic N) is 1. The molecule has 1 heterocycles. The van der Waals surface area contributed by atoms with Crippen LogP contribution in [0.1, 0.15) is 54.0 Å². The number of alkyl carbamates (subject to hydrolysis) is 1. The van der Waals surface area contributed by atoms with Crippen molar-refractivity contribution in [3.8, 4) is 0 Å². The average molecular weight is 378 g/mol. The van der Waals surface area contributed by atoms with Crippen LogP contribution >= 0.6 is 0 Å². The summed E-state index contributed by atoms with van der Waals surface area (Å²) in [6.45, 7) is 13.0. The Morgan fingerprint density at radius 3 is 2.22 bits per heavy atom. The third kappa shape index (κ3) is 5.20. The van der Waals surface area contributed by atoms with Gasteiger partial charge in [-0.05, 0) is 59.5 Å². The first-order valence-electron chi connectivity index (χ1n) is 8.81. The van der Waals surface area contributed by atoms with Gasteiger partial charge in [-0.25, -0.2) is 4.79 Å². The lowest BCUT2D eigenvalue weighted by Gasteiger charge is -2.32. The maximum absolute atomic E-state index is 11.8. The van der Waals surface area contributed by atoms with Gasteiger partial charge in [0.15, 0.2) is 0 Å². The van der Waals surface area contributed by atoms with E-state index >= 15 is 0 Å². The van der Waals surface area contributed by atoms with E-state index in [1.54, 1.807) is 26.8 Å². The van der Waals surface area contributed by atoms with Gasteiger partial charge in [0.2, 0.25) is 0 Å². The highest BCUT2D eigenvalue weighted by atomic mass is 16.7. The Bertz CT molecular complexity index is 726. The van der Waals surface area contributed by atoms with Gasteiger partial charge < -0.3 is 19.4 Å². The Balaban J connectivity index is 2.23. The van der Waals surface area contributed by atoms with Crippen LogP contribution < -0.4 is 10.8 Å². The molecule has 148 valence electrons. The first kappa shape index (κ1) is 21.2. The topological polar surface area (TPSA) is 99.9 Å². The molecule has 1 fully saturated rings. The van der Waals surface area contributed by atoms with Crippen molar-refractivity contribution in [2.45, 2.75) is 71.8 Å². The fourth-order valence-corrected chi connectivity index (χ4v) is 2.51. The molecule has 0 atom stereocenters. The van der Waals surface area contributed by atoms with Crippen LogP contribution in [-0.4, -0.2) is 34.9 Å². The summed E-state index contributed by atoms with van der Waals surface area (Å²) < 4.78 is 17.1. The quantitative estimate of drug-likeness (QED) is 0.491. The van der Waals surface area contributed by atoms with E-state index in [9.17, 15) is 14.9 Å². The second kappa shape index (κ2) is 7.12. The molecule has 0 aromatic heterocycles. The summed E-state index contributed by atoms with van der Waals surface area (Å²) >= 11 is 0. The van der Waals surface area contributed by atoms with Crippen LogP contribution in [0.4, 0.5) is 10.5 Å². The number of nitro benzene ring substituents is 1. The molecule has 1 amide bonds. The lowest BCUT2D eigenvalue weighted by atomic mass is 9.78. The molecule has 1 N–H and O–H groups in total. The van der Waals surface area contributed by atoms with Crippen molar-refractivity contribution in [2.24, 2.45) is 0 Å². The number of amides is 1. The second-order valence-electron chi connectivity index (χ2n) is 8.63. The van der Waals surface area contributed by atoms with Crippen molar-refractivity contribution in [1.82, 2.24) is 5.32 Å². The zero-order valence-electron chi connectivity index (χ0n) is 16.9. The molecule has 1 aliphatic rings. The number of non-ortho nitro benzene ring substituents is 1. The summed E-state index contributed by atoms with van der Waals surface area (Å²) in [5.74, 6) is 0. The smallest absolute Gasteiger partial charge is 0.444 e. The molecule has 0 spiro atoms. The highest BCUT2D eigenvalue weighted by molar-refractivity contribution is 6.62.